The number of ether oxygens (including phenoxy) is 1. The summed E-state index contributed by atoms with van der Waals surface area (Å²) in [4.78, 5) is 17.1. The van der Waals surface area contributed by atoms with Crippen molar-refractivity contribution in [1.82, 2.24) is 15.1 Å². The van der Waals surface area contributed by atoms with Crippen LogP contribution in [-0.2, 0) is 4.79 Å². The molecule has 0 bridgehead atoms. The Morgan fingerprint density at radius 2 is 1.86 bits per heavy atom. The topological polar surface area (TPSA) is 44.8 Å². The largest absolute Gasteiger partial charge is 0.497 e. The predicted octanol–water partition coefficient (Wildman–Crippen LogP) is 3.52. The van der Waals surface area contributed by atoms with Crippen LogP contribution in [0.1, 0.15) is 44.2 Å². The van der Waals surface area contributed by atoms with Crippen molar-refractivity contribution in [3.63, 3.8) is 0 Å². The second kappa shape index (κ2) is 12.5. The highest BCUT2D eigenvalue weighted by atomic mass is 35.5. The van der Waals surface area contributed by atoms with Gasteiger partial charge in [0.05, 0.1) is 7.11 Å². The van der Waals surface area contributed by atoms with Crippen molar-refractivity contribution in [1.29, 1.82) is 0 Å². The van der Waals surface area contributed by atoms with E-state index in [0.717, 1.165) is 63.8 Å². The Kier molecular flexibility index (Phi) is 11.2. The summed E-state index contributed by atoms with van der Waals surface area (Å²) < 4.78 is 5.34. The van der Waals surface area contributed by atoms with E-state index in [1.165, 1.54) is 18.4 Å². The number of rotatable bonds is 6. The van der Waals surface area contributed by atoms with Crippen LogP contribution in [0.15, 0.2) is 24.3 Å². The molecule has 160 valence electrons. The van der Waals surface area contributed by atoms with E-state index in [-0.39, 0.29) is 24.8 Å². The maximum absolute atomic E-state index is 12.5. The molecule has 0 radical (unpaired) electrons. The molecule has 2 saturated heterocycles. The Morgan fingerprint density at radius 1 is 1.18 bits per heavy atom. The number of piperidine rings is 1. The van der Waals surface area contributed by atoms with Crippen molar-refractivity contribution in [3.05, 3.63) is 29.8 Å². The van der Waals surface area contributed by atoms with Crippen LogP contribution in [0.3, 0.4) is 0 Å². The first-order chi connectivity index (χ1) is 12.7. The van der Waals surface area contributed by atoms with Gasteiger partial charge in [-0.1, -0.05) is 12.1 Å². The molecule has 1 aromatic rings. The fraction of sp³-hybridized carbons (Fsp3) is 0.667. The van der Waals surface area contributed by atoms with E-state index in [4.69, 9.17) is 4.74 Å². The van der Waals surface area contributed by atoms with Crippen molar-refractivity contribution in [2.45, 2.75) is 38.6 Å². The number of carbonyl (C=O) groups is 1. The van der Waals surface area contributed by atoms with Crippen LogP contribution in [0.2, 0.25) is 0 Å². The Morgan fingerprint density at radius 3 is 2.50 bits per heavy atom. The summed E-state index contributed by atoms with van der Waals surface area (Å²) in [6, 6.07) is 8.64. The average Bonchev–Trinajstić information content (AvgIpc) is 2.72. The first-order valence-electron chi connectivity index (χ1n) is 10.0. The summed E-state index contributed by atoms with van der Waals surface area (Å²) in [6.45, 7) is 8.04. The van der Waals surface area contributed by atoms with Crippen LogP contribution in [0, 0.1) is 5.92 Å². The summed E-state index contributed by atoms with van der Waals surface area (Å²) in [7, 11) is 1.71. The molecular formula is C21H35Cl2N3O2. The predicted molar refractivity (Wildman–Crippen MR) is 119 cm³/mol. The molecule has 3 rings (SSSR count). The number of hydrogen-bond acceptors (Lipinski definition) is 4. The molecule has 0 aliphatic carbocycles. The summed E-state index contributed by atoms with van der Waals surface area (Å²) in [5.41, 5.74) is 1.27. The molecule has 1 aromatic carbocycles. The Labute approximate surface area is 182 Å². The van der Waals surface area contributed by atoms with Crippen molar-refractivity contribution in [2.24, 2.45) is 5.92 Å². The van der Waals surface area contributed by atoms with Gasteiger partial charge in [0.1, 0.15) is 5.75 Å². The molecule has 0 aromatic heterocycles. The molecule has 1 unspecified atom stereocenters. The lowest BCUT2D eigenvalue weighted by molar-refractivity contribution is -0.133. The third-order valence-electron chi connectivity index (χ3n) is 6.02. The van der Waals surface area contributed by atoms with Gasteiger partial charge < -0.3 is 15.0 Å². The van der Waals surface area contributed by atoms with Gasteiger partial charge in [-0.15, -0.1) is 24.8 Å². The normalized spacial score (nSPS) is 19.3. The van der Waals surface area contributed by atoms with Gasteiger partial charge in [-0.2, -0.15) is 0 Å². The van der Waals surface area contributed by atoms with Crippen molar-refractivity contribution in [2.75, 3.05) is 46.4 Å². The lowest BCUT2D eigenvalue weighted by Gasteiger charge is -2.38. The van der Waals surface area contributed by atoms with Crippen LogP contribution in [0.4, 0.5) is 0 Å². The fourth-order valence-corrected chi connectivity index (χ4v) is 4.13. The SMILES string of the molecule is COc1cccc(C(C)N2CCN(C(=O)CCC3CCNCC3)CC2)c1.Cl.Cl. The molecular weight excluding hydrogens is 397 g/mol. The quantitative estimate of drug-likeness (QED) is 0.747. The van der Waals surface area contributed by atoms with Gasteiger partial charge >= 0.3 is 0 Å². The standard InChI is InChI=1S/C21H33N3O2.2ClH/c1-17(19-4-3-5-20(16-19)26-2)23-12-14-24(15-13-23)21(25)7-6-18-8-10-22-11-9-18;;/h3-5,16-18,22H,6-15H2,1-2H3;2*1H. The van der Waals surface area contributed by atoms with E-state index in [9.17, 15) is 4.79 Å². The van der Waals surface area contributed by atoms with E-state index < -0.39 is 0 Å². The second-order valence-electron chi connectivity index (χ2n) is 7.60. The zero-order chi connectivity index (χ0) is 18.4. The molecule has 7 heteroatoms. The summed E-state index contributed by atoms with van der Waals surface area (Å²) in [6.07, 6.45) is 4.22. The Balaban J connectivity index is 0.00000196. The molecule has 2 heterocycles. The minimum absolute atomic E-state index is 0. The number of halogens is 2. The van der Waals surface area contributed by atoms with E-state index >= 15 is 0 Å². The molecule has 0 spiro atoms. The van der Waals surface area contributed by atoms with Crippen molar-refractivity contribution in [3.8, 4) is 5.75 Å². The Bertz CT molecular complexity index is 589. The molecule has 2 aliphatic rings. The number of nitrogens with zero attached hydrogens (tertiary/aromatic N) is 2. The molecule has 1 atom stereocenters. The fourth-order valence-electron chi connectivity index (χ4n) is 4.13. The van der Waals surface area contributed by atoms with E-state index in [0.29, 0.717) is 11.9 Å². The minimum Gasteiger partial charge on any atom is -0.497 e. The van der Waals surface area contributed by atoms with Crippen LogP contribution in [0.25, 0.3) is 0 Å². The highest BCUT2D eigenvalue weighted by molar-refractivity contribution is 5.85. The Hall–Kier alpha value is -1.01. The summed E-state index contributed by atoms with van der Waals surface area (Å²) >= 11 is 0. The molecule has 1 amide bonds. The van der Waals surface area contributed by atoms with Crippen LogP contribution in [-0.4, -0.2) is 62.1 Å². The molecule has 1 N–H and O–H groups in total. The zero-order valence-corrected chi connectivity index (χ0v) is 18.7. The molecule has 2 aliphatic heterocycles. The number of piperazine rings is 1. The highest BCUT2D eigenvalue weighted by Gasteiger charge is 2.25. The molecule has 0 saturated carbocycles. The summed E-state index contributed by atoms with van der Waals surface area (Å²) in [5.74, 6) is 1.98. The molecule has 28 heavy (non-hydrogen) atoms. The second-order valence-corrected chi connectivity index (χ2v) is 7.60. The minimum atomic E-state index is 0. The van der Waals surface area contributed by atoms with E-state index in [1.54, 1.807) is 7.11 Å². The number of benzene rings is 1. The monoisotopic (exact) mass is 431 g/mol. The zero-order valence-electron chi connectivity index (χ0n) is 17.1. The summed E-state index contributed by atoms with van der Waals surface area (Å²) in [5, 5.41) is 3.39. The first-order valence-corrected chi connectivity index (χ1v) is 10.0. The first kappa shape index (κ1) is 25.0. The van der Waals surface area contributed by atoms with Gasteiger partial charge in [-0.3, -0.25) is 9.69 Å². The van der Waals surface area contributed by atoms with Gasteiger partial charge in [0.15, 0.2) is 0 Å². The molecule has 5 nitrogen and oxygen atoms in total. The highest BCUT2D eigenvalue weighted by Crippen LogP contribution is 2.25. The molecule has 2 fully saturated rings. The number of methoxy groups -OCH3 is 1. The van der Waals surface area contributed by atoms with E-state index in [1.807, 2.05) is 12.1 Å². The van der Waals surface area contributed by atoms with Crippen LogP contribution in [0.5, 0.6) is 5.75 Å². The van der Waals surface area contributed by atoms with Gasteiger partial charge in [0, 0.05) is 38.6 Å². The average molecular weight is 432 g/mol. The van der Waals surface area contributed by atoms with Crippen LogP contribution < -0.4 is 10.1 Å². The van der Waals surface area contributed by atoms with Gasteiger partial charge in [-0.05, 0) is 62.9 Å². The lowest BCUT2D eigenvalue weighted by atomic mass is 9.93. The maximum atomic E-state index is 12.5. The lowest BCUT2D eigenvalue weighted by Crippen LogP contribution is -2.49. The number of amides is 1. The number of carbonyl (C=O) groups excluding carboxylic acids is 1. The number of hydrogen-bond donors (Lipinski definition) is 1. The van der Waals surface area contributed by atoms with Gasteiger partial charge in [-0.25, -0.2) is 0 Å². The van der Waals surface area contributed by atoms with E-state index in [2.05, 4.69) is 34.2 Å². The third kappa shape index (κ3) is 6.80. The maximum Gasteiger partial charge on any atom is 0.222 e. The van der Waals surface area contributed by atoms with Gasteiger partial charge in [0.25, 0.3) is 0 Å². The van der Waals surface area contributed by atoms with Crippen molar-refractivity contribution >= 4 is 30.7 Å². The van der Waals surface area contributed by atoms with Crippen LogP contribution >= 0.6 is 24.8 Å². The smallest absolute Gasteiger partial charge is 0.222 e. The number of nitrogens with one attached hydrogen (secondary N) is 1. The van der Waals surface area contributed by atoms with Gasteiger partial charge in [0.2, 0.25) is 5.91 Å². The van der Waals surface area contributed by atoms with Crippen molar-refractivity contribution < 1.29 is 9.53 Å². The third-order valence-corrected chi connectivity index (χ3v) is 6.02.